The third-order valence-corrected chi connectivity index (χ3v) is 3.84. The highest BCUT2D eigenvalue weighted by Gasteiger charge is 2.16. The number of hydrogen-bond donors (Lipinski definition) is 2. The molecule has 21 heavy (non-hydrogen) atoms. The van der Waals surface area contributed by atoms with Crippen molar-refractivity contribution in [2.75, 3.05) is 31.3 Å². The Morgan fingerprint density at radius 2 is 2.05 bits per heavy atom. The van der Waals surface area contributed by atoms with Gasteiger partial charge in [0, 0.05) is 31.9 Å². The standard InChI is InChI=1S/C16H25N3O2/c1-19(2)13-8-9-14(17)15(10-13)21-11-16(20)18-12-6-4-3-5-7-12/h8-10,12H,3-7,11,17H2,1-2H3,(H,18,20). The van der Waals surface area contributed by atoms with E-state index >= 15 is 0 Å². The Morgan fingerprint density at radius 3 is 2.71 bits per heavy atom. The van der Waals surface area contributed by atoms with Gasteiger partial charge in [-0.2, -0.15) is 0 Å². The zero-order valence-corrected chi connectivity index (χ0v) is 12.9. The van der Waals surface area contributed by atoms with E-state index in [0.29, 0.717) is 17.5 Å². The van der Waals surface area contributed by atoms with Crippen LogP contribution in [0.15, 0.2) is 18.2 Å². The average molecular weight is 291 g/mol. The van der Waals surface area contributed by atoms with E-state index in [1.54, 1.807) is 6.07 Å². The maximum absolute atomic E-state index is 11.9. The largest absolute Gasteiger partial charge is 0.482 e. The Bertz CT molecular complexity index is 482. The van der Waals surface area contributed by atoms with Gasteiger partial charge in [-0.3, -0.25) is 4.79 Å². The van der Waals surface area contributed by atoms with Crippen molar-refractivity contribution in [2.24, 2.45) is 0 Å². The van der Waals surface area contributed by atoms with Crippen LogP contribution in [0.3, 0.4) is 0 Å². The molecule has 0 radical (unpaired) electrons. The van der Waals surface area contributed by atoms with Crippen LogP contribution >= 0.6 is 0 Å². The minimum atomic E-state index is -0.0726. The highest BCUT2D eigenvalue weighted by atomic mass is 16.5. The highest BCUT2D eigenvalue weighted by molar-refractivity contribution is 5.78. The Labute approximate surface area is 126 Å². The molecule has 0 bridgehead atoms. The predicted octanol–water partition coefficient (Wildman–Crippen LogP) is 2.16. The first kappa shape index (κ1) is 15.5. The molecule has 0 saturated heterocycles. The number of amides is 1. The number of carbonyl (C=O) groups is 1. The van der Waals surface area contributed by atoms with Gasteiger partial charge in [-0.15, -0.1) is 0 Å². The van der Waals surface area contributed by atoms with Gasteiger partial charge < -0.3 is 20.7 Å². The molecule has 3 N–H and O–H groups in total. The predicted molar refractivity (Wildman–Crippen MR) is 85.7 cm³/mol. The van der Waals surface area contributed by atoms with Crippen LogP contribution < -0.4 is 20.7 Å². The molecule has 0 atom stereocenters. The van der Waals surface area contributed by atoms with Gasteiger partial charge in [-0.05, 0) is 25.0 Å². The number of anilines is 2. The molecule has 0 spiro atoms. The summed E-state index contributed by atoms with van der Waals surface area (Å²) in [6.45, 7) is 0.0115. The zero-order valence-electron chi connectivity index (χ0n) is 12.9. The smallest absolute Gasteiger partial charge is 0.258 e. The van der Waals surface area contributed by atoms with E-state index in [-0.39, 0.29) is 12.5 Å². The lowest BCUT2D eigenvalue weighted by Crippen LogP contribution is -2.39. The zero-order chi connectivity index (χ0) is 15.2. The molecule has 1 aliphatic rings. The van der Waals surface area contributed by atoms with Crippen molar-refractivity contribution in [1.29, 1.82) is 0 Å². The molecule has 0 heterocycles. The van der Waals surface area contributed by atoms with Crippen molar-refractivity contribution in [1.82, 2.24) is 5.32 Å². The summed E-state index contributed by atoms with van der Waals surface area (Å²) in [6.07, 6.45) is 5.82. The minimum absolute atomic E-state index is 0.0115. The molecule has 5 heteroatoms. The van der Waals surface area contributed by atoms with Crippen LogP contribution in [-0.2, 0) is 4.79 Å². The molecule has 0 unspecified atom stereocenters. The Kier molecular flexibility index (Phi) is 5.31. The normalized spacial score (nSPS) is 15.5. The van der Waals surface area contributed by atoms with Gasteiger partial charge in [0.05, 0.1) is 5.69 Å². The van der Waals surface area contributed by atoms with Crippen LogP contribution in [-0.4, -0.2) is 32.7 Å². The van der Waals surface area contributed by atoms with E-state index in [0.717, 1.165) is 18.5 Å². The van der Waals surface area contributed by atoms with Crippen molar-refractivity contribution in [3.05, 3.63) is 18.2 Å². The highest BCUT2D eigenvalue weighted by Crippen LogP contribution is 2.26. The molecule has 1 aromatic rings. The minimum Gasteiger partial charge on any atom is -0.482 e. The average Bonchev–Trinajstić information content (AvgIpc) is 2.47. The number of nitrogen functional groups attached to an aromatic ring is 1. The van der Waals surface area contributed by atoms with Gasteiger partial charge in [0.25, 0.3) is 5.91 Å². The quantitative estimate of drug-likeness (QED) is 0.816. The summed E-state index contributed by atoms with van der Waals surface area (Å²) in [4.78, 5) is 13.9. The maximum atomic E-state index is 11.9. The van der Waals surface area contributed by atoms with Crippen LogP contribution in [0.5, 0.6) is 5.75 Å². The summed E-state index contributed by atoms with van der Waals surface area (Å²) < 4.78 is 5.57. The fraction of sp³-hybridized carbons (Fsp3) is 0.562. The summed E-state index contributed by atoms with van der Waals surface area (Å²) in [7, 11) is 3.90. The van der Waals surface area contributed by atoms with Crippen molar-refractivity contribution < 1.29 is 9.53 Å². The third-order valence-electron chi connectivity index (χ3n) is 3.84. The summed E-state index contributed by atoms with van der Waals surface area (Å²) in [5.74, 6) is 0.483. The lowest BCUT2D eigenvalue weighted by molar-refractivity contribution is -0.124. The number of rotatable bonds is 5. The summed E-state index contributed by atoms with van der Waals surface area (Å²) in [5, 5.41) is 3.03. The van der Waals surface area contributed by atoms with E-state index < -0.39 is 0 Å². The Balaban J connectivity index is 1.86. The van der Waals surface area contributed by atoms with E-state index in [1.165, 1.54) is 19.3 Å². The molecule has 1 aliphatic carbocycles. The second kappa shape index (κ2) is 7.20. The molecule has 1 amide bonds. The first-order valence-corrected chi connectivity index (χ1v) is 7.55. The number of benzene rings is 1. The summed E-state index contributed by atoms with van der Waals surface area (Å²) in [5.41, 5.74) is 7.42. The number of nitrogens with zero attached hydrogens (tertiary/aromatic N) is 1. The van der Waals surface area contributed by atoms with Gasteiger partial charge in [-0.25, -0.2) is 0 Å². The lowest BCUT2D eigenvalue weighted by atomic mass is 9.95. The molecule has 1 fully saturated rings. The third kappa shape index (κ3) is 4.55. The molecule has 116 valence electrons. The first-order valence-electron chi connectivity index (χ1n) is 7.55. The molecular formula is C16H25N3O2. The molecule has 1 aromatic carbocycles. The molecule has 2 rings (SSSR count). The van der Waals surface area contributed by atoms with E-state index in [9.17, 15) is 4.79 Å². The van der Waals surface area contributed by atoms with Crippen LogP contribution in [0.1, 0.15) is 32.1 Å². The van der Waals surface area contributed by atoms with E-state index in [4.69, 9.17) is 10.5 Å². The molecule has 0 aromatic heterocycles. The summed E-state index contributed by atoms with van der Waals surface area (Å²) in [6, 6.07) is 5.87. The first-order chi connectivity index (χ1) is 10.1. The lowest BCUT2D eigenvalue weighted by Gasteiger charge is -2.23. The SMILES string of the molecule is CN(C)c1ccc(N)c(OCC(=O)NC2CCCCC2)c1. The number of nitrogens with one attached hydrogen (secondary N) is 1. The number of nitrogens with two attached hydrogens (primary N) is 1. The van der Waals surface area contributed by atoms with Crippen molar-refractivity contribution in [3.8, 4) is 5.75 Å². The van der Waals surface area contributed by atoms with Gasteiger partial charge in [0.1, 0.15) is 5.75 Å². The van der Waals surface area contributed by atoms with Crippen molar-refractivity contribution >= 4 is 17.3 Å². The molecule has 1 saturated carbocycles. The monoisotopic (exact) mass is 291 g/mol. The second-order valence-corrected chi connectivity index (χ2v) is 5.81. The van der Waals surface area contributed by atoms with Crippen LogP contribution in [0.25, 0.3) is 0 Å². The molecule has 0 aliphatic heterocycles. The summed E-state index contributed by atoms with van der Waals surface area (Å²) >= 11 is 0. The van der Waals surface area contributed by atoms with Crippen LogP contribution in [0.2, 0.25) is 0 Å². The van der Waals surface area contributed by atoms with Gasteiger partial charge in [-0.1, -0.05) is 19.3 Å². The maximum Gasteiger partial charge on any atom is 0.258 e. The van der Waals surface area contributed by atoms with E-state index in [1.807, 2.05) is 31.1 Å². The number of hydrogen-bond acceptors (Lipinski definition) is 4. The fourth-order valence-electron chi connectivity index (χ4n) is 2.59. The van der Waals surface area contributed by atoms with Crippen molar-refractivity contribution in [3.63, 3.8) is 0 Å². The van der Waals surface area contributed by atoms with Crippen LogP contribution in [0, 0.1) is 0 Å². The fourth-order valence-corrected chi connectivity index (χ4v) is 2.59. The van der Waals surface area contributed by atoms with Gasteiger partial charge >= 0.3 is 0 Å². The topological polar surface area (TPSA) is 67.6 Å². The van der Waals surface area contributed by atoms with Crippen molar-refractivity contribution in [2.45, 2.75) is 38.1 Å². The molecule has 5 nitrogen and oxygen atoms in total. The molecular weight excluding hydrogens is 266 g/mol. The second-order valence-electron chi connectivity index (χ2n) is 5.81. The van der Waals surface area contributed by atoms with Gasteiger partial charge in [0.2, 0.25) is 0 Å². The number of ether oxygens (including phenoxy) is 1. The Hall–Kier alpha value is -1.91. The van der Waals surface area contributed by atoms with Gasteiger partial charge in [0.15, 0.2) is 6.61 Å². The number of carbonyl (C=O) groups excluding carboxylic acids is 1. The van der Waals surface area contributed by atoms with Crippen LogP contribution in [0.4, 0.5) is 11.4 Å². The van der Waals surface area contributed by atoms with E-state index in [2.05, 4.69) is 5.32 Å². The Morgan fingerprint density at radius 1 is 1.33 bits per heavy atom.